The molecule has 0 aliphatic heterocycles. The van der Waals surface area contributed by atoms with Gasteiger partial charge < -0.3 is 19.7 Å². The average molecular weight is 427 g/mol. The maximum Gasteiger partial charge on any atom is 0.408 e. The lowest BCUT2D eigenvalue weighted by molar-refractivity contribution is -0.139. The molecule has 30 heavy (non-hydrogen) atoms. The highest BCUT2D eigenvalue weighted by atomic mass is 16.6. The van der Waals surface area contributed by atoms with Crippen LogP contribution in [0.5, 0.6) is 0 Å². The number of likely N-dealkylation sites (N-methyl/N-ethyl adjacent to an activating group) is 1. The first-order chi connectivity index (χ1) is 13.6. The van der Waals surface area contributed by atoms with Crippen LogP contribution in [0, 0.1) is 11.3 Å². The van der Waals surface area contributed by atoms with E-state index in [0.717, 1.165) is 0 Å². The Morgan fingerprint density at radius 1 is 1.07 bits per heavy atom. The van der Waals surface area contributed by atoms with Crippen molar-refractivity contribution in [2.75, 3.05) is 13.7 Å². The van der Waals surface area contributed by atoms with E-state index >= 15 is 0 Å². The number of nitrogens with zero attached hydrogens (tertiary/aromatic N) is 1. The Hall–Kier alpha value is -2.05. The molecule has 0 fully saturated rings. The van der Waals surface area contributed by atoms with E-state index < -0.39 is 29.1 Å². The molecule has 2 amide bonds. The summed E-state index contributed by atoms with van der Waals surface area (Å²) >= 11 is 0. The van der Waals surface area contributed by atoms with Gasteiger partial charge in [-0.3, -0.25) is 4.79 Å². The highest BCUT2D eigenvalue weighted by molar-refractivity contribution is 5.89. The van der Waals surface area contributed by atoms with Crippen LogP contribution in [-0.4, -0.2) is 54.2 Å². The Morgan fingerprint density at radius 3 is 2.00 bits per heavy atom. The van der Waals surface area contributed by atoms with Gasteiger partial charge in [0.05, 0.1) is 12.6 Å². The van der Waals surface area contributed by atoms with E-state index in [4.69, 9.17) is 9.47 Å². The van der Waals surface area contributed by atoms with Crippen molar-refractivity contribution < 1.29 is 23.9 Å². The average Bonchev–Trinajstić information content (AvgIpc) is 2.61. The summed E-state index contributed by atoms with van der Waals surface area (Å²) in [5, 5.41) is 2.77. The maximum atomic E-state index is 13.5. The van der Waals surface area contributed by atoms with Gasteiger partial charge in [0.25, 0.3) is 0 Å². The van der Waals surface area contributed by atoms with Crippen LogP contribution in [0.2, 0.25) is 0 Å². The monoisotopic (exact) mass is 426 g/mol. The lowest BCUT2D eigenvalue weighted by Crippen LogP contribution is -2.57. The van der Waals surface area contributed by atoms with Crippen molar-refractivity contribution in [1.29, 1.82) is 0 Å². The Labute approximate surface area is 182 Å². The second kappa shape index (κ2) is 11.4. The second-order valence-corrected chi connectivity index (χ2v) is 9.68. The summed E-state index contributed by atoms with van der Waals surface area (Å²) in [6.45, 7) is 18.8. The summed E-state index contributed by atoms with van der Waals surface area (Å²) in [4.78, 5) is 39.5. The zero-order chi connectivity index (χ0) is 23.9. The summed E-state index contributed by atoms with van der Waals surface area (Å²) in [5.74, 6) is -0.587. The summed E-state index contributed by atoms with van der Waals surface area (Å²) in [5.41, 5.74) is -0.717. The van der Waals surface area contributed by atoms with Crippen molar-refractivity contribution in [3.63, 3.8) is 0 Å². The smallest absolute Gasteiger partial charge is 0.408 e. The predicted molar refractivity (Wildman–Crippen MR) is 119 cm³/mol. The molecule has 1 N–H and O–H groups in total. The molecular formula is C23H42N2O5. The predicted octanol–water partition coefficient (Wildman–Crippen LogP) is 4.31. The third-order valence-electron chi connectivity index (χ3n) is 5.10. The molecular weight excluding hydrogens is 384 g/mol. The number of esters is 1. The molecule has 2 atom stereocenters. The molecule has 7 nitrogen and oxygen atoms in total. The zero-order valence-corrected chi connectivity index (χ0v) is 20.7. The third-order valence-corrected chi connectivity index (χ3v) is 5.10. The van der Waals surface area contributed by atoms with Crippen molar-refractivity contribution in [2.24, 2.45) is 11.3 Å². The van der Waals surface area contributed by atoms with Crippen LogP contribution >= 0.6 is 0 Å². The van der Waals surface area contributed by atoms with E-state index in [-0.39, 0.29) is 24.5 Å². The highest BCUT2D eigenvalue weighted by Crippen LogP contribution is 2.28. The lowest BCUT2D eigenvalue weighted by Gasteiger charge is -2.39. The molecule has 0 aromatic rings. The van der Waals surface area contributed by atoms with Crippen LogP contribution in [0.3, 0.4) is 0 Å². The quantitative estimate of drug-likeness (QED) is 0.439. The van der Waals surface area contributed by atoms with Gasteiger partial charge in [-0.25, -0.2) is 9.59 Å². The van der Waals surface area contributed by atoms with Gasteiger partial charge in [-0.1, -0.05) is 40.7 Å². The summed E-state index contributed by atoms with van der Waals surface area (Å²) in [7, 11) is 1.69. The van der Waals surface area contributed by atoms with Crippen LogP contribution < -0.4 is 5.32 Å². The normalized spacial score (nSPS) is 14.7. The molecule has 0 spiro atoms. The van der Waals surface area contributed by atoms with Gasteiger partial charge in [-0.2, -0.15) is 0 Å². The van der Waals surface area contributed by atoms with Crippen molar-refractivity contribution >= 4 is 18.0 Å². The van der Waals surface area contributed by atoms with E-state index in [9.17, 15) is 14.4 Å². The van der Waals surface area contributed by atoms with E-state index in [2.05, 4.69) is 5.32 Å². The molecule has 0 aromatic carbocycles. The van der Waals surface area contributed by atoms with Crippen LogP contribution in [0.15, 0.2) is 11.6 Å². The molecule has 0 unspecified atom stereocenters. The lowest BCUT2D eigenvalue weighted by atomic mass is 9.80. The Kier molecular flexibility index (Phi) is 10.6. The number of carbonyl (C=O) groups excluding carboxylic acids is 3. The molecule has 0 aliphatic rings. The van der Waals surface area contributed by atoms with Gasteiger partial charge in [0.15, 0.2) is 0 Å². The van der Waals surface area contributed by atoms with E-state index in [0.29, 0.717) is 12.0 Å². The number of carbonyl (C=O) groups is 3. The number of hydrogen-bond acceptors (Lipinski definition) is 5. The highest BCUT2D eigenvalue weighted by Gasteiger charge is 2.39. The molecule has 0 bridgehead atoms. The fourth-order valence-electron chi connectivity index (χ4n) is 2.89. The topological polar surface area (TPSA) is 84.9 Å². The fourth-order valence-corrected chi connectivity index (χ4v) is 2.89. The van der Waals surface area contributed by atoms with E-state index in [1.807, 2.05) is 34.6 Å². The summed E-state index contributed by atoms with van der Waals surface area (Å²) in [6.07, 6.45) is 1.80. The summed E-state index contributed by atoms with van der Waals surface area (Å²) < 4.78 is 10.4. The molecule has 0 saturated heterocycles. The minimum atomic E-state index is -0.778. The first kappa shape index (κ1) is 27.9. The SMILES string of the molecule is CCOC(=O)/C(C)=C/[C@H](C(C)C)N(C)C(=O)[C@@H](NC(=O)OC(C)(C)C)C(C)(C)CC. The fraction of sp³-hybridized carbons (Fsp3) is 0.783. The number of hydrogen-bond donors (Lipinski definition) is 1. The number of alkyl carbamates (subject to hydrolysis) is 1. The van der Waals surface area contributed by atoms with Gasteiger partial charge >= 0.3 is 12.1 Å². The van der Waals surface area contributed by atoms with Crippen molar-refractivity contribution in [1.82, 2.24) is 10.2 Å². The van der Waals surface area contributed by atoms with E-state index in [1.165, 1.54) is 0 Å². The van der Waals surface area contributed by atoms with Gasteiger partial charge in [0, 0.05) is 12.6 Å². The number of amides is 2. The van der Waals surface area contributed by atoms with Crippen molar-refractivity contribution in [3.05, 3.63) is 11.6 Å². The third kappa shape index (κ3) is 8.76. The maximum absolute atomic E-state index is 13.5. The standard InChI is InChI=1S/C23H42N2O5/c1-12-23(9,10)18(24-21(28)30-22(6,7)8)19(26)25(11)17(15(3)4)14-16(5)20(27)29-13-2/h14-15,17-18H,12-13H2,1-11H3,(H,24,28)/b16-14+/t17-,18-/m1/s1. The Balaban J connectivity index is 5.85. The van der Waals surface area contributed by atoms with Gasteiger partial charge in [-0.05, 0) is 52.4 Å². The van der Waals surface area contributed by atoms with E-state index in [1.54, 1.807) is 52.6 Å². The van der Waals surface area contributed by atoms with Crippen molar-refractivity contribution in [2.45, 2.75) is 93.3 Å². The zero-order valence-electron chi connectivity index (χ0n) is 20.7. The number of rotatable bonds is 9. The Bertz CT molecular complexity index is 632. The number of ether oxygens (including phenoxy) is 2. The van der Waals surface area contributed by atoms with Crippen LogP contribution in [0.1, 0.15) is 75.7 Å². The molecule has 0 saturated carbocycles. The Morgan fingerprint density at radius 2 is 1.60 bits per heavy atom. The van der Waals surface area contributed by atoms with Crippen LogP contribution in [0.25, 0.3) is 0 Å². The largest absolute Gasteiger partial charge is 0.463 e. The van der Waals surface area contributed by atoms with Crippen molar-refractivity contribution in [3.8, 4) is 0 Å². The first-order valence-corrected chi connectivity index (χ1v) is 10.7. The van der Waals surface area contributed by atoms with Crippen LogP contribution in [0.4, 0.5) is 4.79 Å². The second-order valence-electron chi connectivity index (χ2n) is 9.68. The number of nitrogens with one attached hydrogen (secondary N) is 1. The molecule has 0 heterocycles. The minimum Gasteiger partial charge on any atom is -0.463 e. The molecule has 0 aromatic heterocycles. The van der Waals surface area contributed by atoms with Gasteiger partial charge in [0.1, 0.15) is 11.6 Å². The molecule has 174 valence electrons. The van der Waals surface area contributed by atoms with Crippen LogP contribution in [-0.2, 0) is 19.1 Å². The summed E-state index contributed by atoms with van der Waals surface area (Å²) in [6, 6.07) is -1.11. The van der Waals surface area contributed by atoms with Gasteiger partial charge in [0.2, 0.25) is 5.91 Å². The molecule has 0 rings (SSSR count). The van der Waals surface area contributed by atoms with Gasteiger partial charge in [-0.15, -0.1) is 0 Å². The molecule has 0 aliphatic carbocycles. The molecule has 0 radical (unpaired) electrons. The molecule has 7 heteroatoms. The minimum absolute atomic E-state index is 0.0511. The first-order valence-electron chi connectivity index (χ1n) is 10.7.